The second kappa shape index (κ2) is 12.1. The predicted octanol–water partition coefficient (Wildman–Crippen LogP) is 4.22. The fraction of sp³-hybridized carbons (Fsp3) is 0.370. The minimum atomic E-state index is -1.06. The predicted molar refractivity (Wildman–Crippen MR) is 133 cm³/mol. The molecule has 0 aliphatic heterocycles. The minimum Gasteiger partial charge on any atom is -0.494 e. The summed E-state index contributed by atoms with van der Waals surface area (Å²) in [6, 6.07) is 12.3. The maximum absolute atomic E-state index is 13.6. The number of anilines is 1. The van der Waals surface area contributed by atoms with E-state index in [2.05, 4.69) is 10.6 Å². The molecule has 190 valence electrons. The molecule has 1 aromatic carbocycles. The van der Waals surface area contributed by atoms with Crippen molar-refractivity contribution >= 4 is 23.4 Å². The third kappa shape index (κ3) is 6.16. The van der Waals surface area contributed by atoms with E-state index in [1.807, 2.05) is 6.92 Å². The van der Waals surface area contributed by atoms with E-state index in [0.717, 1.165) is 32.1 Å². The number of ether oxygens (including phenoxy) is 1. The average molecular weight is 494 g/mol. The Morgan fingerprint density at radius 2 is 1.72 bits per heavy atom. The molecule has 1 aliphatic carbocycles. The van der Waals surface area contributed by atoms with Crippen molar-refractivity contribution in [3.63, 3.8) is 0 Å². The maximum atomic E-state index is 13.6. The first-order valence-corrected chi connectivity index (χ1v) is 12.3. The van der Waals surface area contributed by atoms with Crippen LogP contribution in [0.5, 0.6) is 5.75 Å². The Morgan fingerprint density at radius 3 is 2.36 bits per heavy atom. The van der Waals surface area contributed by atoms with Crippen LogP contribution in [-0.2, 0) is 9.59 Å². The number of carbonyl (C=O) groups excluding carboxylic acids is 3. The van der Waals surface area contributed by atoms with Crippen molar-refractivity contribution in [1.29, 1.82) is 0 Å². The van der Waals surface area contributed by atoms with Crippen molar-refractivity contribution in [2.45, 2.75) is 51.1 Å². The third-order valence-electron chi connectivity index (χ3n) is 6.11. The van der Waals surface area contributed by atoms with Gasteiger partial charge in [0.05, 0.1) is 25.7 Å². The Balaban J connectivity index is 1.63. The Kier molecular flexibility index (Phi) is 8.44. The van der Waals surface area contributed by atoms with E-state index < -0.39 is 17.9 Å². The Labute approximate surface area is 209 Å². The molecular formula is C27H31N3O6. The lowest BCUT2D eigenvalue weighted by Gasteiger charge is -2.32. The molecule has 9 heteroatoms. The van der Waals surface area contributed by atoms with Crippen molar-refractivity contribution in [1.82, 2.24) is 10.6 Å². The van der Waals surface area contributed by atoms with Crippen LogP contribution in [0.1, 0.15) is 61.4 Å². The molecule has 1 atom stereocenters. The van der Waals surface area contributed by atoms with Gasteiger partial charge in [-0.3, -0.25) is 19.3 Å². The third-order valence-corrected chi connectivity index (χ3v) is 6.11. The minimum absolute atomic E-state index is 0.0413. The number of furan rings is 2. The molecule has 1 fully saturated rings. The first-order chi connectivity index (χ1) is 17.6. The molecule has 0 spiro atoms. The van der Waals surface area contributed by atoms with Gasteiger partial charge in [0.1, 0.15) is 11.5 Å². The number of hydrogen-bond acceptors (Lipinski definition) is 6. The van der Waals surface area contributed by atoms with Crippen molar-refractivity contribution in [3.8, 4) is 5.75 Å². The molecule has 1 aliphatic rings. The molecular weight excluding hydrogens is 462 g/mol. The summed E-state index contributed by atoms with van der Waals surface area (Å²) in [7, 11) is 0. The van der Waals surface area contributed by atoms with E-state index in [-0.39, 0.29) is 24.3 Å². The summed E-state index contributed by atoms with van der Waals surface area (Å²) < 4.78 is 16.3. The van der Waals surface area contributed by atoms with Crippen LogP contribution in [0.25, 0.3) is 0 Å². The largest absolute Gasteiger partial charge is 0.494 e. The van der Waals surface area contributed by atoms with Crippen molar-refractivity contribution in [2.75, 3.05) is 18.1 Å². The van der Waals surface area contributed by atoms with Crippen molar-refractivity contribution in [3.05, 3.63) is 72.6 Å². The van der Waals surface area contributed by atoms with Crippen LogP contribution in [0, 0.1) is 0 Å². The molecule has 0 bridgehead atoms. The summed E-state index contributed by atoms with van der Waals surface area (Å²) >= 11 is 0. The molecule has 9 nitrogen and oxygen atoms in total. The molecule has 3 amide bonds. The zero-order valence-electron chi connectivity index (χ0n) is 20.3. The van der Waals surface area contributed by atoms with Gasteiger partial charge < -0.3 is 24.2 Å². The quantitative estimate of drug-likeness (QED) is 0.437. The highest BCUT2D eigenvalue weighted by Crippen LogP contribution is 2.30. The number of carbonyl (C=O) groups is 3. The fourth-order valence-corrected chi connectivity index (χ4v) is 4.39. The van der Waals surface area contributed by atoms with Crippen LogP contribution in [0.4, 0.5) is 5.69 Å². The lowest BCUT2D eigenvalue weighted by atomic mass is 9.95. The van der Waals surface area contributed by atoms with E-state index in [4.69, 9.17) is 13.6 Å². The van der Waals surface area contributed by atoms with Crippen LogP contribution in [0.2, 0.25) is 0 Å². The molecule has 2 N–H and O–H groups in total. The SMILES string of the molecule is CCOc1ccc(N(C(=O)CNC(=O)c2ccco2)C(C(=O)NC2CCCCC2)c2ccco2)cc1. The van der Waals surface area contributed by atoms with E-state index in [1.54, 1.807) is 42.5 Å². The summed E-state index contributed by atoms with van der Waals surface area (Å²) in [5.41, 5.74) is 0.468. The molecule has 2 heterocycles. The second-order valence-corrected chi connectivity index (χ2v) is 8.61. The molecule has 2 aromatic heterocycles. The summed E-state index contributed by atoms with van der Waals surface area (Å²) in [6.45, 7) is 2.04. The topological polar surface area (TPSA) is 114 Å². The number of amides is 3. The molecule has 0 radical (unpaired) electrons. The number of benzene rings is 1. The van der Waals surface area contributed by atoms with Gasteiger partial charge in [-0.2, -0.15) is 0 Å². The fourth-order valence-electron chi connectivity index (χ4n) is 4.39. The van der Waals surface area contributed by atoms with Crippen molar-refractivity contribution < 1.29 is 28.0 Å². The van der Waals surface area contributed by atoms with E-state index in [0.29, 0.717) is 23.8 Å². The zero-order chi connectivity index (χ0) is 25.3. The Hall–Kier alpha value is -4.01. The highest BCUT2D eigenvalue weighted by molar-refractivity contribution is 6.04. The van der Waals surface area contributed by atoms with E-state index in [1.165, 1.54) is 23.5 Å². The molecule has 1 saturated carbocycles. The van der Waals surface area contributed by atoms with Crippen LogP contribution in [-0.4, -0.2) is 36.9 Å². The number of hydrogen-bond donors (Lipinski definition) is 2. The van der Waals surface area contributed by atoms with E-state index >= 15 is 0 Å². The molecule has 0 saturated heterocycles. The van der Waals surface area contributed by atoms with Gasteiger partial charge in [-0.1, -0.05) is 19.3 Å². The normalized spacial score (nSPS) is 14.6. The Bertz CT molecular complexity index is 1120. The van der Waals surface area contributed by atoms with E-state index in [9.17, 15) is 14.4 Å². The molecule has 3 aromatic rings. The van der Waals surface area contributed by atoms with Gasteiger partial charge in [0.2, 0.25) is 5.91 Å². The van der Waals surface area contributed by atoms with Gasteiger partial charge >= 0.3 is 0 Å². The standard InChI is InChI=1S/C27H31N3O6/c1-2-34-21-14-12-20(13-15-21)30(24(31)18-28-26(32)23-11-7-17-36-23)25(22-10-6-16-35-22)27(33)29-19-8-4-3-5-9-19/h6-7,10-17,19,25H,2-5,8-9,18H2,1H3,(H,28,32)(H,29,33). The Morgan fingerprint density at radius 1 is 1.00 bits per heavy atom. The van der Waals surface area contributed by atoms with Crippen LogP contribution >= 0.6 is 0 Å². The second-order valence-electron chi connectivity index (χ2n) is 8.61. The number of rotatable bonds is 10. The smallest absolute Gasteiger partial charge is 0.287 e. The van der Waals surface area contributed by atoms with Crippen LogP contribution < -0.4 is 20.3 Å². The first-order valence-electron chi connectivity index (χ1n) is 12.3. The summed E-state index contributed by atoms with van der Waals surface area (Å²) in [6.07, 6.45) is 7.90. The first kappa shape index (κ1) is 25.1. The average Bonchev–Trinajstić information content (AvgIpc) is 3.62. The number of nitrogens with zero attached hydrogens (tertiary/aromatic N) is 1. The van der Waals surface area contributed by atoms with Crippen molar-refractivity contribution in [2.24, 2.45) is 0 Å². The van der Waals surface area contributed by atoms with Gasteiger partial charge in [0.25, 0.3) is 11.8 Å². The van der Waals surface area contributed by atoms with Gasteiger partial charge in [-0.25, -0.2) is 0 Å². The van der Waals surface area contributed by atoms with Gasteiger partial charge in [0.15, 0.2) is 11.8 Å². The van der Waals surface area contributed by atoms with Gasteiger partial charge in [0, 0.05) is 11.7 Å². The molecule has 4 rings (SSSR count). The monoisotopic (exact) mass is 493 g/mol. The van der Waals surface area contributed by atoms with Gasteiger partial charge in [-0.05, 0) is 68.3 Å². The highest BCUT2D eigenvalue weighted by Gasteiger charge is 2.36. The van der Waals surface area contributed by atoms with Crippen LogP contribution in [0.15, 0.2) is 69.9 Å². The molecule has 36 heavy (non-hydrogen) atoms. The number of nitrogens with one attached hydrogen (secondary N) is 2. The molecule has 1 unspecified atom stereocenters. The summed E-state index contributed by atoms with van der Waals surface area (Å²) in [5, 5.41) is 5.69. The lowest BCUT2D eigenvalue weighted by molar-refractivity contribution is -0.127. The zero-order valence-corrected chi connectivity index (χ0v) is 20.3. The van der Waals surface area contributed by atoms with Crippen LogP contribution in [0.3, 0.4) is 0 Å². The summed E-state index contributed by atoms with van der Waals surface area (Å²) in [5.74, 6) is -0.297. The van der Waals surface area contributed by atoms with Gasteiger partial charge in [-0.15, -0.1) is 0 Å². The highest BCUT2D eigenvalue weighted by atomic mass is 16.5. The lowest BCUT2D eigenvalue weighted by Crippen LogP contribution is -2.49. The maximum Gasteiger partial charge on any atom is 0.287 e. The summed E-state index contributed by atoms with van der Waals surface area (Å²) in [4.78, 5) is 41.0.